The minimum absolute atomic E-state index is 0.885. The molecule has 1 aliphatic rings. The molecule has 0 aromatic carbocycles. The van der Waals surface area contributed by atoms with Gasteiger partial charge in [0.1, 0.15) is 11.5 Å². The van der Waals surface area contributed by atoms with Gasteiger partial charge in [-0.25, -0.2) is 9.97 Å². The molecule has 0 atom stereocenters. The van der Waals surface area contributed by atoms with E-state index in [9.17, 15) is 0 Å². The number of aryl methyl sites for hydroxylation is 4. The molecule has 154 valence electrons. The Bertz CT molecular complexity index is 1200. The Morgan fingerprint density at radius 2 is 1.60 bits per heavy atom. The van der Waals surface area contributed by atoms with Gasteiger partial charge in [-0.05, 0) is 39.8 Å². The van der Waals surface area contributed by atoms with Crippen molar-refractivity contribution in [3.05, 3.63) is 46.4 Å². The Morgan fingerprint density at radius 1 is 0.833 bits per heavy atom. The third-order valence-corrected chi connectivity index (χ3v) is 6.47. The van der Waals surface area contributed by atoms with Crippen molar-refractivity contribution in [1.29, 1.82) is 0 Å². The normalized spacial score (nSPS) is 14.7. The van der Waals surface area contributed by atoms with Gasteiger partial charge in [0.15, 0.2) is 11.5 Å². The van der Waals surface area contributed by atoms with Crippen LogP contribution in [0.2, 0.25) is 0 Å². The molecule has 4 aromatic heterocycles. The molecule has 0 aliphatic carbocycles. The Morgan fingerprint density at radius 3 is 2.27 bits per heavy atom. The first-order chi connectivity index (χ1) is 14.5. The molecule has 4 aromatic rings. The van der Waals surface area contributed by atoms with Crippen LogP contribution >= 0.6 is 11.3 Å². The number of rotatable bonds is 3. The average molecular weight is 421 g/mol. The lowest BCUT2D eigenvalue weighted by Crippen LogP contribution is -2.47. The van der Waals surface area contributed by atoms with Gasteiger partial charge in [0.25, 0.3) is 0 Å². The molecule has 9 heteroatoms. The second-order valence-corrected chi connectivity index (χ2v) is 8.91. The fourth-order valence-electron chi connectivity index (χ4n) is 3.97. The third-order valence-electron chi connectivity index (χ3n) is 5.37. The molecule has 0 unspecified atom stereocenters. The van der Waals surface area contributed by atoms with Gasteiger partial charge in [0.05, 0.1) is 21.3 Å². The van der Waals surface area contributed by atoms with E-state index in [0.29, 0.717) is 0 Å². The van der Waals surface area contributed by atoms with Crippen molar-refractivity contribution in [3.8, 4) is 10.6 Å². The Labute approximate surface area is 179 Å². The first-order valence-electron chi connectivity index (χ1n) is 10.1. The van der Waals surface area contributed by atoms with Crippen molar-refractivity contribution < 1.29 is 0 Å². The highest BCUT2D eigenvalue weighted by molar-refractivity contribution is 7.15. The van der Waals surface area contributed by atoms with Crippen LogP contribution in [0.5, 0.6) is 0 Å². The van der Waals surface area contributed by atoms with Crippen molar-refractivity contribution in [2.75, 3.05) is 36.0 Å². The van der Waals surface area contributed by atoms with E-state index in [4.69, 9.17) is 0 Å². The van der Waals surface area contributed by atoms with Gasteiger partial charge in [-0.1, -0.05) is 0 Å². The van der Waals surface area contributed by atoms with E-state index in [2.05, 4.69) is 53.3 Å². The molecular weight excluding hydrogens is 396 g/mol. The summed E-state index contributed by atoms with van der Waals surface area (Å²) in [6, 6.07) is 8.26. The van der Waals surface area contributed by atoms with E-state index in [0.717, 1.165) is 76.1 Å². The van der Waals surface area contributed by atoms with E-state index in [1.807, 2.05) is 38.3 Å². The van der Waals surface area contributed by atoms with Crippen LogP contribution in [0.4, 0.5) is 11.6 Å². The SMILES string of the molecule is Cc1cc(N2CCN(c3ccc(-c4sc(C)nc4C)nn3)CC2)n2nc(C)cc2n1. The lowest BCUT2D eigenvalue weighted by Gasteiger charge is -2.36. The van der Waals surface area contributed by atoms with Gasteiger partial charge in [0.2, 0.25) is 0 Å². The summed E-state index contributed by atoms with van der Waals surface area (Å²) in [7, 11) is 0. The van der Waals surface area contributed by atoms with Crippen LogP contribution in [0, 0.1) is 27.7 Å². The molecule has 5 rings (SSSR count). The van der Waals surface area contributed by atoms with Gasteiger partial charge < -0.3 is 9.80 Å². The molecule has 8 nitrogen and oxygen atoms in total. The molecule has 1 aliphatic heterocycles. The van der Waals surface area contributed by atoms with Gasteiger partial charge >= 0.3 is 0 Å². The molecule has 1 saturated heterocycles. The molecule has 0 spiro atoms. The van der Waals surface area contributed by atoms with Crippen LogP contribution in [0.3, 0.4) is 0 Å². The summed E-state index contributed by atoms with van der Waals surface area (Å²) in [5, 5.41) is 14.7. The fourth-order valence-corrected chi connectivity index (χ4v) is 4.85. The first kappa shape index (κ1) is 18.9. The van der Waals surface area contributed by atoms with Crippen molar-refractivity contribution in [3.63, 3.8) is 0 Å². The molecular formula is C21H24N8S. The standard InChI is InChI=1S/C21H24N8S/c1-13-12-20(29-19(22-13)11-14(2)26-29)28-9-7-27(8-10-28)18-6-5-17(24-25-18)21-15(3)23-16(4)30-21/h5-6,11-12H,7-10H2,1-4H3. The lowest BCUT2D eigenvalue weighted by atomic mass is 10.2. The maximum absolute atomic E-state index is 4.63. The molecule has 5 heterocycles. The zero-order valence-electron chi connectivity index (χ0n) is 17.6. The van der Waals surface area contributed by atoms with Crippen LogP contribution < -0.4 is 9.80 Å². The number of fused-ring (bicyclic) bond motifs is 1. The van der Waals surface area contributed by atoms with Crippen molar-refractivity contribution >= 4 is 28.6 Å². The summed E-state index contributed by atoms with van der Waals surface area (Å²) in [4.78, 5) is 14.8. The predicted molar refractivity (Wildman–Crippen MR) is 120 cm³/mol. The number of hydrogen-bond acceptors (Lipinski definition) is 8. The number of piperazine rings is 1. The average Bonchev–Trinajstić information content (AvgIpc) is 3.28. The van der Waals surface area contributed by atoms with Crippen molar-refractivity contribution in [1.82, 2.24) is 29.8 Å². The van der Waals surface area contributed by atoms with E-state index < -0.39 is 0 Å². The highest BCUT2D eigenvalue weighted by atomic mass is 32.1. The molecule has 0 amide bonds. The second-order valence-electron chi connectivity index (χ2n) is 7.71. The maximum atomic E-state index is 4.63. The summed E-state index contributed by atoms with van der Waals surface area (Å²) >= 11 is 1.66. The lowest BCUT2D eigenvalue weighted by molar-refractivity contribution is 0.630. The second kappa shape index (κ2) is 7.32. The van der Waals surface area contributed by atoms with Crippen LogP contribution in [0.1, 0.15) is 22.1 Å². The Balaban J connectivity index is 1.32. The monoisotopic (exact) mass is 420 g/mol. The third kappa shape index (κ3) is 3.39. The van der Waals surface area contributed by atoms with Crippen molar-refractivity contribution in [2.45, 2.75) is 27.7 Å². The van der Waals surface area contributed by atoms with E-state index in [1.54, 1.807) is 11.3 Å². The van der Waals surface area contributed by atoms with E-state index in [-0.39, 0.29) is 0 Å². The van der Waals surface area contributed by atoms with Crippen LogP contribution in [0.15, 0.2) is 24.3 Å². The van der Waals surface area contributed by atoms with Gasteiger partial charge in [0, 0.05) is 44.0 Å². The van der Waals surface area contributed by atoms with Crippen LogP contribution in [-0.2, 0) is 0 Å². The predicted octanol–water partition coefficient (Wildman–Crippen LogP) is 3.20. The van der Waals surface area contributed by atoms with E-state index >= 15 is 0 Å². The quantitative estimate of drug-likeness (QED) is 0.504. The summed E-state index contributed by atoms with van der Waals surface area (Å²) in [6.07, 6.45) is 0. The highest BCUT2D eigenvalue weighted by Gasteiger charge is 2.22. The van der Waals surface area contributed by atoms with Crippen LogP contribution in [0.25, 0.3) is 16.2 Å². The molecule has 0 saturated carbocycles. The molecule has 1 fully saturated rings. The summed E-state index contributed by atoms with van der Waals surface area (Å²) in [5.74, 6) is 2.02. The minimum Gasteiger partial charge on any atom is -0.353 e. The van der Waals surface area contributed by atoms with Gasteiger partial charge in [-0.3, -0.25) is 0 Å². The summed E-state index contributed by atoms with van der Waals surface area (Å²) in [5.41, 5.74) is 4.80. The van der Waals surface area contributed by atoms with Crippen molar-refractivity contribution in [2.24, 2.45) is 0 Å². The number of nitrogens with zero attached hydrogens (tertiary/aromatic N) is 8. The van der Waals surface area contributed by atoms with Gasteiger partial charge in [-0.15, -0.1) is 21.5 Å². The number of aromatic nitrogens is 6. The Kier molecular flexibility index (Phi) is 4.62. The maximum Gasteiger partial charge on any atom is 0.157 e. The number of thiazole rings is 1. The molecule has 0 radical (unpaired) electrons. The summed E-state index contributed by atoms with van der Waals surface area (Å²) < 4.78 is 1.95. The van der Waals surface area contributed by atoms with Crippen LogP contribution in [-0.4, -0.2) is 56.0 Å². The number of anilines is 2. The molecule has 0 bridgehead atoms. The first-order valence-corrected chi connectivity index (χ1v) is 10.9. The molecule has 30 heavy (non-hydrogen) atoms. The topological polar surface area (TPSA) is 75.3 Å². The summed E-state index contributed by atoms with van der Waals surface area (Å²) in [6.45, 7) is 11.6. The van der Waals surface area contributed by atoms with E-state index in [1.165, 1.54) is 0 Å². The smallest absolute Gasteiger partial charge is 0.157 e. The zero-order chi connectivity index (χ0) is 20.8. The number of hydrogen-bond donors (Lipinski definition) is 0. The zero-order valence-corrected chi connectivity index (χ0v) is 18.4. The fraction of sp³-hybridized carbons (Fsp3) is 0.381. The highest BCUT2D eigenvalue weighted by Crippen LogP contribution is 2.28. The van der Waals surface area contributed by atoms with Gasteiger partial charge in [-0.2, -0.15) is 9.61 Å². The minimum atomic E-state index is 0.885. The largest absolute Gasteiger partial charge is 0.353 e. The molecule has 0 N–H and O–H groups in total. The Hall–Kier alpha value is -3.07.